The normalized spacial score (nSPS) is 23.5. The van der Waals surface area contributed by atoms with Gasteiger partial charge in [0.2, 0.25) is 23.6 Å². The van der Waals surface area contributed by atoms with Gasteiger partial charge in [0.1, 0.15) is 30.6 Å². The zero-order valence-corrected chi connectivity index (χ0v) is 19.6. The van der Waals surface area contributed by atoms with Gasteiger partial charge >= 0.3 is 6.09 Å². The van der Waals surface area contributed by atoms with Crippen LogP contribution < -0.4 is 16.4 Å². The molecule has 1 aliphatic carbocycles. The second-order valence-corrected chi connectivity index (χ2v) is 9.43. The molecule has 35 heavy (non-hydrogen) atoms. The van der Waals surface area contributed by atoms with Crippen LogP contribution in [0.15, 0.2) is 12.5 Å². The van der Waals surface area contributed by atoms with Crippen LogP contribution in [0.4, 0.5) is 4.79 Å². The van der Waals surface area contributed by atoms with Crippen molar-refractivity contribution in [2.75, 3.05) is 6.54 Å². The Bertz CT molecular complexity index is 987. The Morgan fingerprint density at radius 1 is 1.14 bits per heavy atom. The summed E-state index contributed by atoms with van der Waals surface area (Å²) in [5, 5.41) is 5.29. The molecule has 0 aromatic carbocycles. The molecule has 2 saturated heterocycles. The topological polar surface area (TPSA) is 166 Å². The highest BCUT2D eigenvalue weighted by Gasteiger charge is 2.38. The largest absolute Gasteiger partial charge is 0.446 e. The molecule has 3 atom stereocenters. The van der Waals surface area contributed by atoms with Crippen molar-refractivity contribution >= 4 is 29.7 Å². The molecule has 0 spiro atoms. The fourth-order valence-corrected chi connectivity index (χ4v) is 4.97. The van der Waals surface area contributed by atoms with Gasteiger partial charge < -0.3 is 26.0 Å². The van der Waals surface area contributed by atoms with Gasteiger partial charge in [-0.05, 0) is 44.9 Å². The number of amides is 4. The maximum absolute atomic E-state index is 13.4. The first kappa shape index (κ1) is 24.7. The number of aromatic nitrogens is 2. The van der Waals surface area contributed by atoms with Crippen LogP contribution in [-0.4, -0.2) is 74.9 Å². The lowest BCUT2D eigenvalue weighted by Gasteiger charge is -2.28. The predicted octanol–water partition coefficient (Wildman–Crippen LogP) is -0.0173. The lowest BCUT2D eigenvalue weighted by molar-refractivity contribution is -0.140. The summed E-state index contributed by atoms with van der Waals surface area (Å²) in [6, 6.07) is -2.51. The smallest absolute Gasteiger partial charge is 0.419 e. The SMILES string of the molecule is NC(=O)C1CCCN1C(=O)C(Cc1cn(C(=O)OC2CCCCC2)cn1)NC(=O)C1CCC(=O)N1. The Labute approximate surface area is 202 Å². The highest BCUT2D eigenvalue weighted by Crippen LogP contribution is 2.22. The van der Waals surface area contributed by atoms with E-state index in [1.54, 1.807) is 0 Å². The molecule has 3 unspecified atom stereocenters. The van der Waals surface area contributed by atoms with Crippen LogP contribution in [0.1, 0.15) is 63.5 Å². The van der Waals surface area contributed by atoms with Crippen molar-refractivity contribution in [1.82, 2.24) is 25.1 Å². The average Bonchev–Trinajstić information content (AvgIpc) is 3.59. The fraction of sp³-hybridized carbons (Fsp3) is 0.652. The van der Waals surface area contributed by atoms with Crippen molar-refractivity contribution < 1.29 is 28.7 Å². The van der Waals surface area contributed by atoms with Gasteiger partial charge in [-0.25, -0.2) is 14.3 Å². The third-order valence-electron chi connectivity index (χ3n) is 6.87. The second kappa shape index (κ2) is 10.9. The molecule has 4 N–H and O–H groups in total. The molecular formula is C23H32N6O6. The average molecular weight is 489 g/mol. The number of imidazole rings is 1. The lowest BCUT2D eigenvalue weighted by Crippen LogP contribution is -2.56. The summed E-state index contributed by atoms with van der Waals surface area (Å²) >= 11 is 0. The van der Waals surface area contributed by atoms with E-state index in [9.17, 15) is 24.0 Å². The molecule has 0 radical (unpaired) electrons. The minimum Gasteiger partial charge on any atom is -0.446 e. The molecule has 4 amide bonds. The van der Waals surface area contributed by atoms with Gasteiger partial charge in [0.15, 0.2) is 0 Å². The number of nitrogens with zero attached hydrogens (tertiary/aromatic N) is 3. The summed E-state index contributed by atoms with van der Waals surface area (Å²) < 4.78 is 6.78. The van der Waals surface area contributed by atoms with Gasteiger partial charge in [0.05, 0.1) is 5.69 Å². The number of carbonyl (C=O) groups excluding carboxylic acids is 5. The molecule has 1 aromatic heterocycles. The number of hydrogen-bond donors (Lipinski definition) is 3. The Balaban J connectivity index is 1.46. The van der Waals surface area contributed by atoms with Crippen molar-refractivity contribution in [3.05, 3.63) is 18.2 Å². The second-order valence-electron chi connectivity index (χ2n) is 9.43. The highest BCUT2D eigenvalue weighted by atomic mass is 16.6. The van der Waals surface area contributed by atoms with E-state index in [4.69, 9.17) is 10.5 Å². The van der Waals surface area contributed by atoms with Crippen molar-refractivity contribution in [2.45, 2.75) is 88.4 Å². The Hall–Kier alpha value is -3.44. The van der Waals surface area contributed by atoms with Crippen LogP contribution in [0.5, 0.6) is 0 Å². The first-order valence-corrected chi connectivity index (χ1v) is 12.2. The Morgan fingerprint density at radius 3 is 2.60 bits per heavy atom. The van der Waals surface area contributed by atoms with Crippen molar-refractivity contribution in [1.29, 1.82) is 0 Å². The Morgan fingerprint density at radius 2 is 1.91 bits per heavy atom. The van der Waals surface area contributed by atoms with Crippen LogP contribution in [-0.2, 0) is 30.3 Å². The van der Waals surface area contributed by atoms with E-state index >= 15 is 0 Å². The molecule has 1 aromatic rings. The maximum atomic E-state index is 13.4. The summed E-state index contributed by atoms with van der Waals surface area (Å²) in [5.41, 5.74) is 5.87. The van der Waals surface area contributed by atoms with Crippen LogP contribution >= 0.6 is 0 Å². The monoisotopic (exact) mass is 488 g/mol. The predicted molar refractivity (Wildman–Crippen MR) is 122 cm³/mol. The summed E-state index contributed by atoms with van der Waals surface area (Å²) in [7, 11) is 0. The van der Waals surface area contributed by atoms with E-state index < -0.39 is 41.9 Å². The highest BCUT2D eigenvalue weighted by molar-refractivity contribution is 5.95. The van der Waals surface area contributed by atoms with Gasteiger partial charge in [-0.1, -0.05) is 6.42 Å². The first-order chi connectivity index (χ1) is 16.8. The quantitative estimate of drug-likeness (QED) is 0.485. The third-order valence-corrected chi connectivity index (χ3v) is 6.87. The van der Waals surface area contributed by atoms with Crippen molar-refractivity contribution in [2.24, 2.45) is 5.73 Å². The zero-order chi connectivity index (χ0) is 24.9. The summed E-state index contributed by atoms with van der Waals surface area (Å²) in [6.07, 6.45) is 8.68. The van der Waals surface area contributed by atoms with Gasteiger partial charge in [-0.2, -0.15) is 0 Å². The van der Waals surface area contributed by atoms with Crippen LogP contribution in [0, 0.1) is 0 Å². The summed E-state index contributed by atoms with van der Waals surface area (Å²) in [6.45, 7) is 0.348. The minimum atomic E-state index is -1.04. The number of hydrogen-bond acceptors (Lipinski definition) is 7. The molecule has 4 rings (SSSR count). The minimum absolute atomic E-state index is 0.00305. The first-order valence-electron chi connectivity index (χ1n) is 12.2. The van der Waals surface area contributed by atoms with Crippen LogP contribution in [0.3, 0.4) is 0 Å². The Kier molecular flexibility index (Phi) is 7.67. The van der Waals surface area contributed by atoms with Gasteiger partial charge in [0, 0.05) is 25.6 Å². The molecular weight excluding hydrogens is 456 g/mol. The number of primary amides is 1. The lowest BCUT2D eigenvalue weighted by atomic mass is 9.98. The number of carbonyl (C=O) groups is 5. The van der Waals surface area contributed by atoms with Crippen LogP contribution in [0.2, 0.25) is 0 Å². The van der Waals surface area contributed by atoms with Gasteiger partial charge in [-0.15, -0.1) is 0 Å². The fourth-order valence-electron chi connectivity index (χ4n) is 4.97. The number of rotatable bonds is 7. The number of nitrogens with one attached hydrogen (secondary N) is 2. The third kappa shape index (κ3) is 5.98. The number of likely N-dealkylation sites (tertiary alicyclic amines) is 1. The number of ether oxygens (including phenoxy) is 1. The molecule has 2 aliphatic heterocycles. The zero-order valence-electron chi connectivity index (χ0n) is 19.6. The summed E-state index contributed by atoms with van der Waals surface area (Å²) in [5.74, 6) is -1.77. The molecule has 0 bridgehead atoms. The molecule has 3 aliphatic rings. The van der Waals surface area contributed by atoms with Gasteiger partial charge in [-0.3, -0.25) is 19.2 Å². The van der Waals surface area contributed by atoms with E-state index in [0.29, 0.717) is 31.5 Å². The maximum Gasteiger partial charge on any atom is 0.419 e. The van der Waals surface area contributed by atoms with E-state index in [1.807, 2.05) is 0 Å². The standard InChI is InChI=1S/C23H32N6O6/c24-20(31)18-7-4-10-29(18)22(33)17(27-21(32)16-8-9-19(30)26-16)11-14-12-28(13-25-14)23(34)35-15-5-2-1-3-6-15/h12-13,15-18H,1-11H2,(H2,24,31)(H,26,30)(H,27,32). The van der Waals surface area contributed by atoms with E-state index in [0.717, 1.165) is 32.1 Å². The van der Waals surface area contributed by atoms with Crippen molar-refractivity contribution in [3.63, 3.8) is 0 Å². The van der Waals surface area contributed by atoms with Gasteiger partial charge in [0.25, 0.3) is 0 Å². The molecule has 1 saturated carbocycles. The summed E-state index contributed by atoms with van der Waals surface area (Å²) in [4.78, 5) is 67.6. The molecule has 3 heterocycles. The molecule has 12 heteroatoms. The van der Waals surface area contributed by atoms with E-state index in [1.165, 1.54) is 22.0 Å². The molecule has 190 valence electrons. The molecule has 12 nitrogen and oxygen atoms in total. The molecule has 3 fully saturated rings. The van der Waals surface area contributed by atoms with E-state index in [2.05, 4.69) is 15.6 Å². The number of nitrogens with two attached hydrogens (primary N) is 1. The van der Waals surface area contributed by atoms with Crippen LogP contribution in [0.25, 0.3) is 0 Å². The van der Waals surface area contributed by atoms with E-state index in [-0.39, 0.29) is 24.9 Å². The van der Waals surface area contributed by atoms with Crippen molar-refractivity contribution in [3.8, 4) is 0 Å².